The zero-order chi connectivity index (χ0) is 9.84. The number of carbonyl (C=O) groups is 1. The van der Waals surface area contributed by atoms with Gasteiger partial charge in [-0.15, -0.1) is 0 Å². The normalized spacial score (nSPS) is 12.5. The van der Waals surface area contributed by atoms with Gasteiger partial charge in [0.05, 0.1) is 4.83 Å². The number of alkyl halides is 2. The van der Waals surface area contributed by atoms with Gasteiger partial charge in [0, 0.05) is 10.9 Å². The third kappa shape index (κ3) is 2.88. The van der Waals surface area contributed by atoms with Gasteiger partial charge in [-0.2, -0.15) is 0 Å². The number of benzene rings is 1. The van der Waals surface area contributed by atoms with Crippen molar-refractivity contribution in [1.29, 1.82) is 0 Å². The molecule has 4 heteroatoms. The lowest BCUT2D eigenvalue weighted by Crippen LogP contribution is -2.15. The maximum atomic E-state index is 12.7. The number of hydrogen-bond acceptors (Lipinski definition) is 1. The molecule has 0 N–H and O–H groups in total. The molecule has 0 heterocycles. The highest BCUT2D eigenvalue weighted by Gasteiger charge is 2.15. The fraction of sp³-hybridized carbons (Fsp3) is 0.222. The molecule has 0 saturated heterocycles. The van der Waals surface area contributed by atoms with E-state index < -0.39 is 0 Å². The van der Waals surface area contributed by atoms with Crippen LogP contribution in [0, 0.1) is 5.82 Å². The molecule has 70 valence electrons. The summed E-state index contributed by atoms with van der Waals surface area (Å²) in [5.74, 6) is -0.503. The molecule has 0 saturated carbocycles. The predicted molar refractivity (Wildman–Crippen MR) is 57.2 cm³/mol. The topological polar surface area (TPSA) is 17.1 Å². The molecule has 1 rings (SSSR count). The Labute approximate surface area is 92.6 Å². The Morgan fingerprint density at radius 1 is 1.54 bits per heavy atom. The minimum atomic E-state index is -0.389. The largest absolute Gasteiger partial charge is 0.293 e. The number of ketones is 1. The van der Waals surface area contributed by atoms with Crippen molar-refractivity contribution in [2.45, 2.75) is 4.83 Å². The Morgan fingerprint density at radius 2 is 2.23 bits per heavy atom. The van der Waals surface area contributed by atoms with Crippen LogP contribution in [-0.2, 0) is 0 Å². The average molecular weight is 310 g/mol. The fourth-order valence-corrected chi connectivity index (χ4v) is 1.45. The summed E-state index contributed by atoms with van der Waals surface area (Å²) in [6.07, 6.45) is 0. The highest BCUT2D eigenvalue weighted by molar-refractivity contribution is 9.12. The molecule has 1 atom stereocenters. The third-order valence-electron chi connectivity index (χ3n) is 1.53. The van der Waals surface area contributed by atoms with Crippen molar-refractivity contribution in [3.8, 4) is 0 Å². The first-order valence-corrected chi connectivity index (χ1v) is 5.68. The molecule has 0 amide bonds. The van der Waals surface area contributed by atoms with Gasteiger partial charge in [0.25, 0.3) is 0 Å². The number of halogens is 3. The maximum Gasteiger partial charge on any atom is 0.177 e. The molecule has 13 heavy (non-hydrogen) atoms. The van der Waals surface area contributed by atoms with Crippen molar-refractivity contribution < 1.29 is 9.18 Å². The van der Waals surface area contributed by atoms with Crippen LogP contribution in [0.3, 0.4) is 0 Å². The van der Waals surface area contributed by atoms with Gasteiger partial charge in [0.15, 0.2) is 5.78 Å². The SMILES string of the molecule is O=C(c1cccc(F)c1)C(Br)CBr. The molecule has 1 aromatic rings. The molecule has 0 bridgehead atoms. The summed E-state index contributed by atoms with van der Waals surface area (Å²) in [5.41, 5.74) is 0.390. The number of Topliss-reactive ketones (excluding diaryl/α,β-unsaturated/α-hetero) is 1. The highest BCUT2D eigenvalue weighted by atomic mass is 79.9. The summed E-state index contributed by atoms with van der Waals surface area (Å²) in [6, 6.07) is 5.67. The molecule has 1 aromatic carbocycles. The Balaban J connectivity index is 2.89. The molecule has 1 nitrogen and oxygen atoms in total. The van der Waals surface area contributed by atoms with E-state index in [-0.39, 0.29) is 16.4 Å². The predicted octanol–water partition coefficient (Wildman–Crippen LogP) is 3.17. The van der Waals surface area contributed by atoms with Gasteiger partial charge in [0.2, 0.25) is 0 Å². The second kappa shape index (κ2) is 4.86. The third-order valence-corrected chi connectivity index (χ3v) is 3.79. The van der Waals surface area contributed by atoms with Gasteiger partial charge in [-0.05, 0) is 12.1 Å². The maximum absolute atomic E-state index is 12.7. The van der Waals surface area contributed by atoms with E-state index in [1.54, 1.807) is 6.07 Å². The van der Waals surface area contributed by atoms with Crippen molar-refractivity contribution in [3.05, 3.63) is 35.6 Å². The Hall–Kier alpha value is -0.220. The molecule has 0 aliphatic heterocycles. The first-order chi connectivity index (χ1) is 6.15. The average Bonchev–Trinajstić information content (AvgIpc) is 2.15. The molecular formula is C9H7Br2FO. The van der Waals surface area contributed by atoms with Crippen LogP contribution in [0.1, 0.15) is 10.4 Å². The van der Waals surface area contributed by atoms with Crippen LogP contribution in [0.5, 0.6) is 0 Å². The van der Waals surface area contributed by atoms with Gasteiger partial charge < -0.3 is 0 Å². The van der Waals surface area contributed by atoms with Gasteiger partial charge in [-0.1, -0.05) is 44.0 Å². The van der Waals surface area contributed by atoms with Crippen molar-refractivity contribution >= 4 is 37.6 Å². The molecule has 0 aliphatic carbocycles. The van der Waals surface area contributed by atoms with Crippen LogP contribution in [0.2, 0.25) is 0 Å². The van der Waals surface area contributed by atoms with E-state index in [0.717, 1.165) is 0 Å². The second-order valence-electron chi connectivity index (χ2n) is 2.50. The molecule has 0 radical (unpaired) electrons. The van der Waals surface area contributed by atoms with Crippen LogP contribution >= 0.6 is 31.9 Å². The number of hydrogen-bond donors (Lipinski definition) is 0. The van der Waals surface area contributed by atoms with Crippen molar-refractivity contribution in [2.75, 3.05) is 5.33 Å². The first kappa shape index (κ1) is 10.9. The summed E-state index contributed by atoms with van der Waals surface area (Å²) < 4.78 is 12.7. The Kier molecular flexibility index (Phi) is 4.06. The molecular weight excluding hydrogens is 303 g/mol. The Morgan fingerprint density at radius 3 is 2.77 bits per heavy atom. The smallest absolute Gasteiger partial charge is 0.177 e. The van der Waals surface area contributed by atoms with Crippen LogP contribution in [0.4, 0.5) is 4.39 Å². The summed E-state index contributed by atoms with van der Waals surface area (Å²) in [5, 5.41) is 0.516. The van der Waals surface area contributed by atoms with E-state index >= 15 is 0 Å². The summed E-state index contributed by atoms with van der Waals surface area (Å²) in [7, 11) is 0. The molecule has 1 unspecified atom stereocenters. The van der Waals surface area contributed by atoms with Gasteiger partial charge in [0.1, 0.15) is 5.82 Å². The quantitative estimate of drug-likeness (QED) is 0.619. The zero-order valence-electron chi connectivity index (χ0n) is 6.64. The molecule has 0 aliphatic rings. The summed E-state index contributed by atoms with van der Waals surface area (Å²) in [4.78, 5) is 11.2. The van der Waals surface area contributed by atoms with E-state index in [9.17, 15) is 9.18 Å². The summed E-state index contributed by atoms with van der Waals surface area (Å²) in [6.45, 7) is 0. The van der Waals surface area contributed by atoms with Crippen molar-refractivity contribution in [3.63, 3.8) is 0 Å². The van der Waals surface area contributed by atoms with Crippen LogP contribution in [0.25, 0.3) is 0 Å². The standard InChI is InChI=1S/C9H7Br2FO/c10-5-8(11)9(13)6-2-1-3-7(12)4-6/h1-4,8H,5H2. The van der Waals surface area contributed by atoms with E-state index in [2.05, 4.69) is 31.9 Å². The Bertz CT molecular complexity index is 314. The second-order valence-corrected chi connectivity index (χ2v) is 4.25. The lowest BCUT2D eigenvalue weighted by Gasteiger charge is -2.04. The van der Waals surface area contributed by atoms with Gasteiger partial charge in [-0.3, -0.25) is 4.79 Å². The minimum Gasteiger partial charge on any atom is -0.293 e. The fourth-order valence-electron chi connectivity index (χ4n) is 0.893. The lowest BCUT2D eigenvalue weighted by atomic mass is 10.1. The van der Waals surface area contributed by atoms with Crippen LogP contribution in [0.15, 0.2) is 24.3 Å². The van der Waals surface area contributed by atoms with E-state index in [1.807, 2.05) is 0 Å². The number of rotatable bonds is 3. The van der Waals surface area contributed by atoms with E-state index in [0.29, 0.717) is 10.9 Å². The molecule has 0 aromatic heterocycles. The van der Waals surface area contributed by atoms with Crippen LogP contribution in [-0.4, -0.2) is 15.9 Å². The van der Waals surface area contributed by atoms with Crippen molar-refractivity contribution in [2.24, 2.45) is 0 Å². The van der Waals surface area contributed by atoms with Gasteiger partial charge in [-0.25, -0.2) is 4.39 Å². The lowest BCUT2D eigenvalue weighted by molar-refractivity contribution is 0.0997. The zero-order valence-corrected chi connectivity index (χ0v) is 9.81. The first-order valence-electron chi connectivity index (χ1n) is 3.65. The van der Waals surface area contributed by atoms with E-state index in [1.165, 1.54) is 18.2 Å². The number of carbonyl (C=O) groups excluding carboxylic acids is 1. The van der Waals surface area contributed by atoms with Crippen molar-refractivity contribution in [1.82, 2.24) is 0 Å². The summed E-state index contributed by atoms with van der Waals surface area (Å²) >= 11 is 6.35. The molecule has 0 spiro atoms. The highest BCUT2D eigenvalue weighted by Crippen LogP contribution is 2.13. The van der Waals surface area contributed by atoms with Gasteiger partial charge >= 0.3 is 0 Å². The minimum absolute atomic E-state index is 0.114. The van der Waals surface area contributed by atoms with E-state index in [4.69, 9.17) is 0 Å². The monoisotopic (exact) mass is 308 g/mol. The molecule has 0 fully saturated rings. The van der Waals surface area contributed by atoms with Crippen LogP contribution < -0.4 is 0 Å².